The van der Waals surface area contributed by atoms with Crippen LogP contribution in [0, 0.1) is 18.3 Å². The first-order valence-corrected chi connectivity index (χ1v) is 5.44. The molecule has 0 fully saturated rings. The second-order valence-corrected chi connectivity index (χ2v) is 3.77. The van der Waals surface area contributed by atoms with Crippen LogP contribution in [0.25, 0.3) is 0 Å². The van der Waals surface area contributed by atoms with Gasteiger partial charge in [-0.2, -0.15) is 5.26 Å². The zero-order valence-corrected chi connectivity index (χ0v) is 10.1. The van der Waals surface area contributed by atoms with Crippen LogP contribution in [0.1, 0.15) is 16.7 Å². The van der Waals surface area contributed by atoms with Crippen LogP contribution in [0.15, 0.2) is 34.2 Å². The van der Waals surface area contributed by atoms with Crippen molar-refractivity contribution >= 4 is 12.0 Å². The van der Waals surface area contributed by atoms with Gasteiger partial charge in [-0.25, -0.2) is 9.98 Å². The molecule has 0 aliphatic rings. The van der Waals surface area contributed by atoms with Gasteiger partial charge in [0.15, 0.2) is 5.82 Å². The van der Waals surface area contributed by atoms with Crippen molar-refractivity contribution < 1.29 is 5.11 Å². The molecule has 6 heteroatoms. The Morgan fingerprint density at radius 3 is 2.95 bits per heavy atom. The largest absolute Gasteiger partial charge is 0.494 e. The first-order valence-electron chi connectivity index (χ1n) is 5.44. The SMILES string of the molecule is Cc1c(C=Nc2ccccn2)c(O)[nH]c(=O)c1C#N. The average molecular weight is 254 g/mol. The quantitative estimate of drug-likeness (QED) is 0.791. The number of pyridine rings is 2. The van der Waals surface area contributed by atoms with Gasteiger partial charge in [0.05, 0.1) is 5.56 Å². The van der Waals surface area contributed by atoms with Crippen LogP contribution in [0.5, 0.6) is 5.88 Å². The lowest BCUT2D eigenvalue weighted by Crippen LogP contribution is -2.14. The average Bonchev–Trinajstić information content (AvgIpc) is 2.39. The fraction of sp³-hybridized carbons (Fsp3) is 0.0769. The van der Waals surface area contributed by atoms with Crippen molar-refractivity contribution in [1.82, 2.24) is 9.97 Å². The predicted octanol–water partition coefficient (Wildman–Crippen LogP) is 1.41. The van der Waals surface area contributed by atoms with E-state index < -0.39 is 5.56 Å². The molecular formula is C13H10N4O2. The van der Waals surface area contributed by atoms with Gasteiger partial charge in [0.1, 0.15) is 11.6 Å². The van der Waals surface area contributed by atoms with E-state index in [0.29, 0.717) is 16.9 Å². The third-order valence-electron chi connectivity index (χ3n) is 2.58. The summed E-state index contributed by atoms with van der Waals surface area (Å²) in [6.07, 6.45) is 2.96. The molecule has 2 rings (SSSR count). The number of nitrogens with zero attached hydrogens (tertiary/aromatic N) is 3. The van der Waals surface area contributed by atoms with Crippen molar-refractivity contribution in [3.05, 3.63) is 51.4 Å². The molecule has 2 aromatic rings. The zero-order valence-electron chi connectivity index (χ0n) is 10.1. The molecule has 2 aromatic heterocycles. The van der Waals surface area contributed by atoms with Crippen LogP contribution in [0.2, 0.25) is 0 Å². The number of aromatic nitrogens is 2. The van der Waals surface area contributed by atoms with Crippen molar-refractivity contribution in [1.29, 1.82) is 5.26 Å². The number of aliphatic imine (C=N–C) groups is 1. The van der Waals surface area contributed by atoms with Crippen LogP contribution in [0.3, 0.4) is 0 Å². The van der Waals surface area contributed by atoms with E-state index in [0.717, 1.165) is 0 Å². The number of aromatic hydroxyl groups is 1. The molecule has 0 bridgehead atoms. The second kappa shape index (κ2) is 5.14. The maximum Gasteiger partial charge on any atom is 0.268 e. The van der Waals surface area contributed by atoms with Crippen LogP contribution < -0.4 is 5.56 Å². The smallest absolute Gasteiger partial charge is 0.268 e. The second-order valence-electron chi connectivity index (χ2n) is 3.77. The van der Waals surface area contributed by atoms with Gasteiger partial charge in [-0.15, -0.1) is 0 Å². The summed E-state index contributed by atoms with van der Waals surface area (Å²) >= 11 is 0. The van der Waals surface area contributed by atoms with Crippen molar-refractivity contribution in [2.45, 2.75) is 6.92 Å². The summed E-state index contributed by atoms with van der Waals surface area (Å²) in [5, 5.41) is 18.6. The molecule has 6 nitrogen and oxygen atoms in total. The summed E-state index contributed by atoms with van der Waals surface area (Å²) in [7, 11) is 0. The van der Waals surface area contributed by atoms with Gasteiger partial charge in [0.25, 0.3) is 5.56 Å². The van der Waals surface area contributed by atoms with Crippen LogP contribution in [0.4, 0.5) is 5.82 Å². The molecule has 19 heavy (non-hydrogen) atoms. The third kappa shape index (κ3) is 2.50. The summed E-state index contributed by atoms with van der Waals surface area (Å²) in [5.74, 6) is 0.146. The van der Waals surface area contributed by atoms with Gasteiger partial charge in [0, 0.05) is 12.4 Å². The van der Waals surface area contributed by atoms with Crippen molar-refractivity contribution in [3.8, 4) is 11.9 Å². The Morgan fingerprint density at radius 2 is 2.32 bits per heavy atom. The van der Waals surface area contributed by atoms with E-state index in [1.807, 2.05) is 0 Å². The Balaban J connectivity index is 2.50. The lowest BCUT2D eigenvalue weighted by atomic mass is 10.1. The zero-order chi connectivity index (χ0) is 13.8. The standard InChI is InChI=1S/C13H10N4O2/c1-8-9(6-14)12(18)17-13(19)10(8)7-16-11-4-2-3-5-15-11/h2-5,7H,1H3,(H2,17,18,19). The number of aromatic amines is 1. The van der Waals surface area contributed by atoms with Gasteiger partial charge < -0.3 is 5.11 Å². The fourth-order valence-electron chi connectivity index (χ4n) is 1.57. The third-order valence-corrected chi connectivity index (χ3v) is 2.58. The van der Waals surface area contributed by atoms with E-state index in [4.69, 9.17) is 5.26 Å². The minimum absolute atomic E-state index is 0.0414. The molecule has 0 unspecified atom stereocenters. The summed E-state index contributed by atoms with van der Waals surface area (Å²) < 4.78 is 0. The molecule has 0 aliphatic carbocycles. The minimum atomic E-state index is -0.618. The number of hydrogen-bond donors (Lipinski definition) is 2. The normalized spacial score (nSPS) is 10.5. The molecular weight excluding hydrogens is 244 g/mol. The lowest BCUT2D eigenvalue weighted by Gasteiger charge is -2.04. The predicted molar refractivity (Wildman–Crippen MR) is 69.7 cm³/mol. The highest BCUT2D eigenvalue weighted by atomic mass is 16.3. The van der Waals surface area contributed by atoms with Crippen LogP contribution in [-0.2, 0) is 0 Å². The Bertz CT molecular complexity index is 727. The first kappa shape index (κ1) is 12.5. The Hall–Kier alpha value is -2.94. The molecule has 94 valence electrons. The monoisotopic (exact) mass is 254 g/mol. The molecule has 0 amide bonds. The highest BCUT2D eigenvalue weighted by Crippen LogP contribution is 2.17. The molecule has 0 spiro atoms. The Morgan fingerprint density at radius 1 is 1.53 bits per heavy atom. The molecule has 0 saturated carbocycles. The fourth-order valence-corrected chi connectivity index (χ4v) is 1.57. The molecule has 0 aromatic carbocycles. The van der Waals surface area contributed by atoms with E-state index in [-0.39, 0.29) is 11.4 Å². The molecule has 2 N–H and O–H groups in total. The Kier molecular flexibility index (Phi) is 3.39. The minimum Gasteiger partial charge on any atom is -0.494 e. The number of rotatable bonds is 2. The Labute approximate surface area is 108 Å². The molecule has 0 radical (unpaired) electrons. The summed E-state index contributed by atoms with van der Waals surface area (Å²) in [4.78, 5) is 21.7. The van der Waals surface area contributed by atoms with Crippen molar-refractivity contribution in [2.24, 2.45) is 4.99 Å². The summed E-state index contributed by atoms with van der Waals surface area (Å²) in [6.45, 7) is 1.58. The summed E-state index contributed by atoms with van der Waals surface area (Å²) in [6, 6.07) is 7.03. The maximum atomic E-state index is 11.4. The van der Waals surface area contributed by atoms with Gasteiger partial charge >= 0.3 is 0 Å². The number of hydrogen-bond acceptors (Lipinski definition) is 5. The number of nitriles is 1. The molecule has 2 heterocycles. The van der Waals surface area contributed by atoms with Gasteiger partial charge in [-0.1, -0.05) is 6.07 Å². The van der Waals surface area contributed by atoms with Gasteiger partial charge in [-0.3, -0.25) is 9.78 Å². The van der Waals surface area contributed by atoms with Crippen molar-refractivity contribution in [2.75, 3.05) is 0 Å². The maximum absolute atomic E-state index is 11.4. The lowest BCUT2D eigenvalue weighted by molar-refractivity contribution is 0.450. The van der Waals surface area contributed by atoms with E-state index in [9.17, 15) is 9.90 Å². The highest BCUT2D eigenvalue weighted by molar-refractivity contribution is 5.86. The van der Waals surface area contributed by atoms with E-state index >= 15 is 0 Å². The summed E-state index contributed by atoms with van der Waals surface area (Å²) in [5.41, 5.74) is 0.0120. The van der Waals surface area contributed by atoms with E-state index in [2.05, 4.69) is 15.0 Å². The molecule has 0 atom stereocenters. The van der Waals surface area contributed by atoms with Crippen LogP contribution >= 0.6 is 0 Å². The molecule has 0 aliphatic heterocycles. The first-order chi connectivity index (χ1) is 9.13. The number of H-pyrrole nitrogens is 1. The van der Waals surface area contributed by atoms with E-state index in [1.165, 1.54) is 6.21 Å². The van der Waals surface area contributed by atoms with Gasteiger partial charge in [0.2, 0.25) is 5.88 Å². The van der Waals surface area contributed by atoms with Crippen LogP contribution in [-0.4, -0.2) is 21.3 Å². The van der Waals surface area contributed by atoms with E-state index in [1.54, 1.807) is 37.4 Å². The topological polar surface area (TPSA) is 102 Å². The van der Waals surface area contributed by atoms with Gasteiger partial charge in [-0.05, 0) is 24.6 Å². The number of nitrogens with one attached hydrogen (secondary N) is 1. The molecule has 0 saturated heterocycles. The highest BCUT2D eigenvalue weighted by Gasteiger charge is 2.12. The van der Waals surface area contributed by atoms with Crippen molar-refractivity contribution in [3.63, 3.8) is 0 Å².